The number of carbonyl (C=O) groups is 1. The summed E-state index contributed by atoms with van der Waals surface area (Å²) < 4.78 is 13.3. The van der Waals surface area contributed by atoms with E-state index < -0.39 is 5.97 Å². The molecule has 0 aliphatic carbocycles. The molecule has 0 N–H and O–H groups in total. The number of hydrogen-bond donors (Lipinski definition) is 0. The summed E-state index contributed by atoms with van der Waals surface area (Å²) in [5.74, 6) is 0.0248. The minimum atomic E-state index is -0.645. The molecule has 0 spiro atoms. The number of pyridine rings is 1. The van der Waals surface area contributed by atoms with Gasteiger partial charge in [0, 0.05) is 23.3 Å². The highest BCUT2D eigenvalue weighted by Crippen LogP contribution is 2.33. The standard InChI is InChI=1S/C27H23N3O3/c1-2-32-27(31)21(16-28)15-22-17-30(18-23-11-6-7-14-29-23)24-12-8-13-25(26(22)24)33-19-20-9-4-3-5-10-20/h3-15,17H,2,18-19H2,1H3/b21-15+. The molecular weight excluding hydrogens is 414 g/mol. The van der Waals surface area contributed by atoms with Crippen molar-refractivity contribution in [2.75, 3.05) is 6.61 Å². The number of aromatic nitrogens is 2. The molecule has 0 saturated carbocycles. The van der Waals surface area contributed by atoms with Gasteiger partial charge in [0.25, 0.3) is 0 Å². The quantitative estimate of drug-likeness (QED) is 0.217. The summed E-state index contributed by atoms with van der Waals surface area (Å²) in [6.07, 6.45) is 5.22. The maximum Gasteiger partial charge on any atom is 0.348 e. The number of benzene rings is 2. The molecular formula is C27H23N3O3. The summed E-state index contributed by atoms with van der Waals surface area (Å²) in [5, 5.41) is 10.4. The van der Waals surface area contributed by atoms with Gasteiger partial charge in [-0.2, -0.15) is 5.26 Å². The first-order chi connectivity index (χ1) is 16.2. The lowest BCUT2D eigenvalue weighted by Crippen LogP contribution is -2.06. The highest BCUT2D eigenvalue weighted by Gasteiger charge is 2.16. The molecule has 4 rings (SSSR count). The second kappa shape index (κ2) is 10.3. The molecule has 0 unspecified atom stereocenters. The number of ether oxygens (including phenoxy) is 2. The molecule has 0 atom stereocenters. The van der Waals surface area contributed by atoms with Crippen LogP contribution in [-0.2, 0) is 22.7 Å². The zero-order valence-corrected chi connectivity index (χ0v) is 18.3. The van der Waals surface area contributed by atoms with Crippen molar-refractivity contribution in [1.29, 1.82) is 5.26 Å². The van der Waals surface area contributed by atoms with Crippen LogP contribution < -0.4 is 4.74 Å². The van der Waals surface area contributed by atoms with Crippen molar-refractivity contribution in [3.8, 4) is 11.8 Å². The third-order valence-electron chi connectivity index (χ3n) is 5.11. The zero-order chi connectivity index (χ0) is 23.0. The molecule has 0 aliphatic heterocycles. The van der Waals surface area contributed by atoms with Gasteiger partial charge >= 0.3 is 5.97 Å². The second-order valence-electron chi connectivity index (χ2n) is 7.35. The second-order valence-corrected chi connectivity index (χ2v) is 7.35. The first-order valence-electron chi connectivity index (χ1n) is 10.7. The van der Waals surface area contributed by atoms with E-state index in [0.717, 1.165) is 22.2 Å². The molecule has 2 heterocycles. The van der Waals surface area contributed by atoms with E-state index in [4.69, 9.17) is 9.47 Å². The predicted octanol–water partition coefficient (Wildman–Crippen LogP) is 5.13. The zero-order valence-electron chi connectivity index (χ0n) is 18.3. The van der Waals surface area contributed by atoms with E-state index in [9.17, 15) is 10.1 Å². The monoisotopic (exact) mass is 437 g/mol. The van der Waals surface area contributed by atoms with Gasteiger partial charge in [-0.1, -0.05) is 42.5 Å². The molecule has 0 saturated heterocycles. The van der Waals surface area contributed by atoms with Gasteiger partial charge in [-0.05, 0) is 42.8 Å². The van der Waals surface area contributed by atoms with Gasteiger partial charge in [0.2, 0.25) is 0 Å². The van der Waals surface area contributed by atoms with Crippen LogP contribution in [0.15, 0.2) is 84.7 Å². The first-order valence-corrected chi connectivity index (χ1v) is 10.7. The molecule has 0 fully saturated rings. The van der Waals surface area contributed by atoms with Crippen LogP contribution in [0.1, 0.15) is 23.7 Å². The molecule has 0 aliphatic rings. The summed E-state index contributed by atoms with van der Waals surface area (Å²) in [6.45, 7) is 2.85. The third kappa shape index (κ3) is 5.10. The van der Waals surface area contributed by atoms with Gasteiger partial charge in [-0.25, -0.2) is 4.79 Å². The fourth-order valence-corrected chi connectivity index (χ4v) is 3.61. The average Bonchev–Trinajstić information content (AvgIpc) is 3.20. The Kier molecular flexibility index (Phi) is 6.81. The SMILES string of the molecule is CCOC(=O)/C(C#N)=C/c1cn(Cc2ccccn2)c2cccc(OCc3ccccc3)c12. The lowest BCUT2D eigenvalue weighted by molar-refractivity contribution is -0.137. The largest absolute Gasteiger partial charge is 0.488 e. The molecule has 2 aromatic carbocycles. The fraction of sp³-hybridized carbons (Fsp3) is 0.148. The number of carbonyl (C=O) groups excluding carboxylic acids is 1. The van der Waals surface area contributed by atoms with Crippen LogP contribution in [-0.4, -0.2) is 22.1 Å². The first kappa shape index (κ1) is 21.8. The molecule has 0 bridgehead atoms. The van der Waals surface area contributed by atoms with E-state index in [1.165, 1.54) is 0 Å². The molecule has 4 aromatic rings. The number of nitriles is 1. The van der Waals surface area contributed by atoms with Crippen LogP contribution in [0.3, 0.4) is 0 Å². The summed E-state index contributed by atoms with van der Waals surface area (Å²) in [7, 11) is 0. The molecule has 6 nitrogen and oxygen atoms in total. The summed E-state index contributed by atoms with van der Waals surface area (Å²) in [4.78, 5) is 16.7. The van der Waals surface area contributed by atoms with E-state index in [1.807, 2.05) is 83.6 Å². The Balaban J connectivity index is 1.79. The highest BCUT2D eigenvalue weighted by atomic mass is 16.5. The van der Waals surface area contributed by atoms with Crippen molar-refractivity contribution in [3.05, 3.63) is 102 Å². The minimum absolute atomic E-state index is 0.0633. The van der Waals surface area contributed by atoms with E-state index in [1.54, 1.807) is 19.2 Å². The Morgan fingerprint density at radius 2 is 1.91 bits per heavy atom. The number of fused-ring (bicyclic) bond motifs is 1. The van der Waals surface area contributed by atoms with E-state index in [-0.39, 0.29) is 12.2 Å². The molecule has 6 heteroatoms. The van der Waals surface area contributed by atoms with Crippen LogP contribution in [0.25, 0.3) is 17.0 Å². The molecule has 0 radical (unpaired) electrons. The van der Waals surface area contributed by atoms with Gasteiger partial charge in [0.1, 0.15) is 24.0 Å². The predicted molar refractivity (Wildman–Crippen MR) is 126 cm³/mol. The Bertz CT molecular complexity index is 1320. The van der Waals surface area contributed by atoms with Gasteiger partial charge in [-0.3, -0.25) is 4.98 Å². The average molecular weight is 437 g/mol. The Morgan fingerprint density at radius 1 is 1.09 bits per heavy atom. The van der Waals surface area contributed by atoms with Gasteiger partial charge in [0.05, 0.1) is 24.4 Å². The van der Waals surface area contributed by atoms with Gasteiger partial charge in [0.15, 0.2) is 0 Å². The molecule has 33 heavy (non-hydrogen) atoms. The van der Waals surface area contributed by atoms with Crippen molar-refractivity contribution in [1.82, 2.24) is 9.55 Å². The van der Waals surface area contributed by atoms with E-state index in [0.29, 0.717) is 24.5 Å². The van der Waals surface area contributed by atoms with Crippen LogP contribution in [0, 0.1) is 11.3 Å². The van der Waals surface area contributed by atoms with Crippen molar-refractivity contribution in [2.24, 2.45) is 0 Å². The van der Waals surface area contributed by atoms with Crippen LogP contribution >= 0.6 is 0 Å². The summed E-state index contributed by atoms with van der Waals surface area (Å²) in [6, 6.07) is 23.4. The van der Waals surface area contributed by atoms with Crippen LogP contribution in [0.4, 0.5) is 0 Å². The number of esters is 1. The topological polar surface area (TPSA) is 77.1 Å². The smallest absolute Gasteiger partial charge is 0.348 e. The molecule has 2 aromatic heterocycles. The maximum absolute atomic E-state index is 12.2. The van der Waals surface area contributed by atoms with E-state index in [2.05, 4.69) is 4.98 Å². The molecule has 0 amide bonds. The molecule has 164 valence electrons. The minimum Gasteiger partial charge on any atom is -0.488 e. The van der Waals surface area contributed by atoms with Crippen molar-refractivity contribution in [2.45, 2.75) is 20.1 Å². The lowest BCUT2D eigenvalue weighted by Gasteiger charge is -2.10. The van der Waals surface area contributed by atoms with Crippen molar-refractivity contribution >= 4 is 22.9 Å². The summed E-state index contributed by atoms with van der Waals surface area (Å²) in [5.41, 5.74) is 3.49. The Morgan fingerprint density at radius 3 is 2.64 bits per heavy atom. The Labute approximate surface area is 192 Å². The van der Waals surface area contributed by atoms with Gasteiger partial charge in [-0.15, -0.1) is 0 Å². The fourth-order valence-electron chi connectivity index (χ4n) is 3.61. The highest BCUT2D eigenvalue weighted by molar-refractivity contribution is 6.02. The normalized spacial score (nSPS) is 11.2. The van der Waals surface area contributed by atoms with Crippen molar-refractivity contribution < 1.29 is 14.3 Å². The van der Waals surface area contributed by atoms with Gasteiger partial charge < -0.3 is 14.0 Å². The summed E-state index contributed by atoms with van der Waals surface area (Å²) >= 11 is 0. The van der Waals surface area contributed by atoms with E-state index >= 15 is 0 Å². The number of hydrogen-bond acceptors (Lipinski definition) is 5. The number of rotatable bonds is 8. The lowest BCUT2D eigenvalue weighted by atomic mass is 10.1. The van der Waals surface area contributed by atoms with Crippen molar-refractivity contribution in [3.63, 3.8) is 0 Å². The Hall–Kier alpha value is -4.37. The number of nitrogens with zero attached hydrogens (tertiary/aromatic N) is 3. The maximum atomic E-state index is 12.2. The van der Waals surface area contributed by atoms with Crippen LogP contribution in [0.2, 0.25) is 0 Å². The third-order valence-corrected chi connectivity index (χ3v) is 5.11. The van der Waals surface area contributed by atoms with Crippen LogP contribution in [0.5, 0.6) is 5.75 Å².